The number of aliphatic hydroxyl groups excluding tert-OH is 1. The van der Waals surface area contributed by atoms with E-state index in [2.05, 4.69) is 5.32 Å². The van der Waals surface area contributed by atoms with Crippen molar-refractivity contribution in [2.24, 2.45) is 0 Å². The molecular formula is C18H20FNO3. The first-order valence-corrected chi connectivity index (χ1v) is 7.53. The zero-order valence-electron chi connectivity index (χ0n) is 12.7. The zero-order valence-corrected chi connectivity index (χ0v) is 12.7. The van der Waals surface area contributed by atoms with E-state index >= 15 is 0 Å². The molecule has 1 atom stereocenters. The van der Waals surface area contributed by atoms with Gasteiger partial charge in [-0.2, -0.15) is 0 Å². The monoisotopic (exact) mass is 317 g/mol. The highest BCUT2D eigenvalue weighted by molar-refractivity contribution is 5.76. The summed E-state index contributed by atoms with van der Waals surface area (Å²) in [6.07, 6.45) is 0.549. The number of ether oxygens (including phenoxy) is 1. The molecule has 0 heterocycles. The number of hydrogen-bond donors (Lipinski definition) is 2. The van der Waals surface area contributed by atoms with Crippen LogP contribution in [0.5, 0.6) is 5.75 Å². The van der Waals surface area contributed by atoms with Gasteiger partial charge in [0.1, 0.15) is 0 Å². The molecule has 0 radical (unpaired) electrons. The summed E-state index contributed by atoms with van der Waals surface area (Å²) in [6.45, 7) is 0.0684. The topological polar surface area (TPSA) is 58.6 Å². The Morgan fingerprint density at radius 2 is 1.83 bits per heavy atom. The second-order valence-electron chi connectivity index (χ2n) is 5.07. The van der Waals surface area contributed by atoms with Gasteiger partial charge in [0.25, 0.3) is 0 Å². The Morgan fingerprint density at radius 1 is 1.13 bits per heavy atom. The lowest BCUT2D eigenvalue weighted by Gasteiger charge is -2.18. The van der Waals surface area contributed by atoms with Crippen LogP contribution in [0.3, 0.4) is 0 Å². The Hall–Kier alpha value is -2.40. The van der Waals surface area contributed by atoms with Gasteiger partial charge >= 0.3 is 0 Å². The van der Waals surface area contributed by atoms with E-state index in [9.17, 15) is 9.18 Å². The van der Waals surface area contributed by atoms with Crippen molar-refractivity contribution in [3.8, 4) is 5.75 Å². The number of carbonyl (C=O) groups is 1. The van der Waals surface area contributed by atoms with Crippen molar-refractivity contribution < 1.29 is 19.0 Å². The summed E-state index contributed by atoms with van der Waals surface area (Å²) in [5.41, 5.74) is 0.935. The van der Waals surface area contributed by atoms with E-state index in [1.807, 2.05) is 30.3 Å². The molecule has 0 bridgehead atoms. The number of amides is 1. The van der Waals surface area contributed by atoms with Gasteiger partial charge < -0.3 is 15.2 Å². The molecule has 0 fully saturated rings. The molecule has 0 aliphatic heterocycles. The van der Waals surface area contributed by atoms with Crippen molar-refractivity contribution in [1.29, 1.82) is 0 Å². The highest BCUT2D eigenvalue weighted by atomic mass is 19.1. The van der Waals surface area contributed by atoms with E-state index in [1.165, 1.54) is 12.1 Å². The predicted molar refractivity (Wildman–Crippen MR) is 85.5 cm³/mol. The summed E-state index contributed by atoms with van der Waals surface area (Å²) in [7, 11) is 0. The van der Waals surface area contributed by atoms with Crippen molar-refractivity contribution >= 4 is 5.91 Å². The second-order valence-corrected chi connectivity index (χ2v) is 5.07. The predicted octanol–water partition coefficient (Wildman–Crippen LogP) is 2.83. The van der Waals surface area contributed by atoms with Crippen molar-refractivity contribution in [3.05, 3.63) is 66.0 Å². The van der Waals surface area contributed by atoms with E-state index < -0.39 is 5.82 Å². The fourth-order valence-electron chi connectivity index (χ4n) is 2.22. The number of para-hydroxylation sites is 1. The molecule has 0 aliphatic rings. The minimum absolute atomic E-state index is 0.0223. The summed E-state index contributed by atoms with van der Waals surface area (Å²) in [4.78, 5) is 12.0. The molecule has 0 spiro atoms. The summed E-state index contributed by atoms with van der Waals surface area (Å²) in [6, 6.07) is 15.3. The molecule has 2 rings (SSSR count). The van der Waals surface area contributed by atoms with Gasteiger partial charge in [-0.15, -0.1) is 0 Å². The highest BCUT2D eigenvalue weighted by Crippen LogP contribution is 2.17. The molecule has 1 unspecified atom stereocenters. The molecule has 2 N–H and O–H groups in total. The van der Waals surface area contributed by atoms with E-state index in [0.29, 0.717) is 6.42 Å². The number of aliphatic hydroxyl groups is 1. The van der Waals surface area contributed by atoms with Gasteiger partial charge in [-0.1, -0.05) is 42.5 Å². The van der Waals surface area contributed by atoms with Crippen LogP contribution in [-0.4, -0.2) is 24.2 Å². The molecule has 122 valence electrons. The summed E-state index contributed by atoms with van der Waals surface area (Å²) < 4.78 is 18.7. The van der Waals surface area contributed by atoms with Crippen LogP contribution in [-0.2, 0) is 4.79 Å². The molecule has 5 heteroatoms. The first kappa shape index (κ1) is 17.0. The highest BCUT2D eigenvalue weighted by Gasteiger charge is 2.14. The molecule has 0 aliphatic carbocycles. The Labute approximate surface area is 134 Å². The molecule has 0 saturated heterocycles. The average Bonchev–Trinajstić information content (AvgIpc) is 2.57. The van der Waals surface area contributed by atoms with Crippen LogP contribution < -0.4 is 10.1 Å². The van der Waals surface area contributed by atoms with E-state index in [0.717, 1.165) is 5.56 Å². The molecular weight excluding hydrogens is 297 g/mol. The van der Waals surface area contributed by atoms with Crippen LogP contribution in [0.15, 0.2) is 54.6 Å². The Morgan fingerprint density at radius 3 is 2.52 bits per heavy atom. The lowest BCUT2D eigenvalue weighted by atomic mass is 10.0. The first-order valence-electron chi connectivity index (χ1n) is 7.53. The average molecular weight is 317 g/mol. The Bertz CT molecular complexity index is 619. The number of nitrogens with one attached hydrogen (secondary N) is 1. The number of hydrogen-bond acceptors (Lipinski definition) is 3. The maximum atomic E-state index is 13.4. The van der Waals surface area contributed by atoms with Gasteiger partial charge in [0.2, 0.25) is 5.91 Å². The lowest BCUT2D eigenvalue weighted by Crippen LogP contribution is -2.30. The summed E-state index contributed by atoms with van der Waals surface area (Å²) in [5, 5.41) is 12.0. The molecule has 0 saturated carbocycles. The molecule has 4 nitrogen and oxygen atoms in total. The lowest BCUT2D eigenvalue weighted by molar-refractivity contribution is -0.122. The molecule has 2 aromatic rings. The van der Waals surface area contributed by atoms with Gasteiger partial charge in [0.15, 0.2) is 11.6 Å². The normalized spacial score (nSPS) is 11.7. The van der Waals surface area contributed by atoms with Crippen molar-refractivity contribution in [3.63, 3.8) is 0 Å². The Kier molecular flexibility index (Phi) is 6.56. The zero-order chi connectivity index (χ0) is 16.5. The fraction of sp³-hybridized carbons (Fsp3) is 0.278. The number of carbonyl (C=O) groups excluding carboxylic acids is 1. The molecule has 2 aromatic carbocycles. The van der Waals surface area contributed by atoms with Crippen LogP contribution in [0.25, 0.3) is 0 Å². The maximum absolute atomic E-state index is 13.4. The molecule has 0 aromatic heterocycles. The van der Waals surface area contributed by atoms with E-state index in [1.54, 1.807) is 12.1 Å². The van der Waals surface area contributed by atoms with Crippen LogP contribution in [0.2, 0.25) is 0 Å². The minimum atomic E-state index is -0.449. The second kappa shape index (κ2) is 8.90. The number of halogens is 1. The smallest absolute Gasteiger partial charge is 0.223 e. The van der Waals surface area contributed by atoms with Crippen LogP contribution in [0.1, 0.15) is 24.4 Å². The van der Waals surface area contributed by atoms with Gasteiger partial charge in [0.05, 0.1) is 19.1 Å². The van der Waals surface area contributed by atoms with Crippen LogP contribution >= 0.6 is 0 Å². The Balaban J connectivity index is 1.84. The van der Waals surface area contributed by atoms with E-state index in [-0.39, 0.29) is 37.3 Å². The molecule has 23 heavy (non-hydrogen) atoms. The van der Waals surface area contributed by atoms with Gasteiger partial charge in [-0.05, 0) is 24.1 Å². The largest absolute Gasteiger partial charge is 0.490 e. The number of benzene rings is 2. The van der Waals surface area contributed by atoms with Crippen LogP contribution in [0.4, 0.5) is 4.39 Å². The third-order valence-electron chi connectivity index (χ3n) is 3.38. The quantitative estimate of drug-likeness (QED) is 0.787. The van der Waals surface area contributed by atoms with Crippen molar-refractivity contribution in [2.75, 3.05) is 13.2 Å². The molecule has 1 amide bonds. The van der Waals surface area contributed by atoms with Gasteiger partial charge in [-0.25, -0.2) is 4.39 Å². The minimum Gasteiger partial charge on any atom is -0.490 e. The SMILES string of the molecule is O=C(CCOc1ccccc1F)NC(CCO)c1ccccc1. The van der Waals surface area contributed by atoms with Crippen LogP contribution in [0, 0.1) is 5.82 Å². The summed E-state index contributed by atoms with van der Waals surface area (Å²) in [5.74, 6) is -0.519. The summed E-state index contributed by atoms with van der Waals surface area (Å²) >= 11 is 0. The fourth-order valence-corrected chi connectivity index (χ4v) is 2.22. The maximum Gasteiger partial charge on any atom is 0.223 e. The third kappa shape index (κ3) is 5.38. The van der Waals surface area contributed by atoms with E-state index in [4.69, 9.17) is 9.84 Å². The third-order valence-corrected chi connectivity index (χ3v) is 3.38. The van der Waals surface area contributed by atoms with Gasteiger partial charge in [-0.3, -0.25) is 4.79 Å². The van der Waals surface area contributed by atoms with Gasteiger partial charge in [0, 0.05) is 6.61 Å². The first-order chi connectivity index (χ1) is 11.2. The van der Waals surface area contributed by atoms with Crippen molar-refractivity contribution in [1.82, 2.24) is 5.32 Å². The standard InChI is InChI=1S/C18H20FNO3/c19-15-8-4-5-9-17(15)23-13-11-18(22)20-16(10-12-21)14-6-2-1-3-7-14/h1-9,16,21H,10-13H2,(H,20,22). The number of rotatable bonds is 8. The van der Waals surface area contributed by atoms with Crippen molar-refractivity contribution in [2.45, 2.75) is 18.9 Å².